The van der Waals surface area contributed by atoms with Crippen LogP contribution < -0.4 is 0 Å². The summed E-state index contributed by atoms with van der Waals surface area (Å²) >= 11 is 0. The van der Waals surface area contributed by atoms with Gasteiger partial charge in [-0.25, -0.2) is 0 Å². The first-order chi connectivity index (χ1) is 6.79. The van der Waals surface area contributed by atoms with Gasteiger partial charge in [0.15, 0.2) is 0 Å². The van der Waals surface area contributed by atoms with Gasteiger partial charge in [0.2, 0.25) is 0 Å². The van der Waals surface area contributed by atoms with Crippen molar-refractivity contribution in [3.05, 3.63) is 47.5 Å². The molecule has 0 radical (unpaired) electrons. The standard InChI is InChI=1S/C14H18/c1-11-7-3-5-9-13(11)14-10-6-4-8-12(14)2/h4,6,8,10,13H,1,3,5,7,9H2,2H3. The molecule has 0 N–H and O–H groups in total. The molecule has 1 atom stereocenters. The van der Waals surface area contributed by atoms with Crippen molar-refractivity contribution in [2.45, 2.75) is 38.5 Å². The SMILES string of the molecule is C=C1CCCCC1c1ccccc1C. The molecule has 0 bridgehead atoms. The summed E-state index contributed by atoms with van der Waals surface area (Å²) in [5, 5.41) is 0. The van der Waals surface area contributed by atoms with Crippen molar-refractivity contribution >= 4 is 0 Å². The van der Waals surface area contributed by atoms with Crippen LogP contribution in [0, 0.1) is 6.92 Å². The fraction of sp³-hybridized carbons (Fsp3) is 0.429. The lowest BCUT2D eigenvalue weighted by Crippen LogP contribution is -2.08. The second-order valence-corrected chi connectivity index (χ2v) is 4.31. The zero-order valence-corrected chi connectivity index (χ0v) is 8.92. The van der Waals surface area contributed by atoms with Gasteiger partial charge in [-0.3, -0.25) is 0 Å². The van der Waals surface area contributed by atoms with E-state index < -0.39 is 0 Å². The van der Waals surface area contributed by atoms with Crippen LogP contribution in [0.4, 0.5) is 0 Å². The highest BCUT2D eigenvalue weighted by molar-refractivity contribution is 5.35. The molecule has 2 rings (SSSR count). The van der Waals surface area contributed by atoms with Crippen molar-refractivity contribution in [1.29, 1.82) is 0 Å². The molecule has 0 nitrogen and oxygen atoms in total. The minimum absolute atomic E-state index is 0.630. The summed E-state index contributed by atoms with van der Waals surface area (Å²) in [5.74, 6) is 0.630. The number of benzene rings is 1. The quantitative estimate of drug-likeness (QED) is 0.576. The molecular weight excluding hydrogens is 168 g/mol. The Morgan fingerprint density at radius 1 is 1.21 bits per heavy atom. The van der Waals surface area contributed by atoms with Crippen LogP contribution in [-0.4, -0.2) is 0 Å². The minimum Gasteiger partial charge on any atom is -0.0992 e. The summed E-state index contributed by atoms with van der Waals surface area (Å²) in [6.45, 7) is 6.42. The van der Waals surface area contributed by atoms with Gasteiger partial charge >= 0.3 is 0 Å². The third-order valence-corrected chi connectivity index (χ3v) is 3.30. The fourth-order valence-corrected chi connectivity index (χ4v) is 2.43. The van der Waals surface area contributed by atoms with Crippen molar-refractivity contribution < 1.29 is 0 Å². The van der Waals surface area contributed by atoms with Crippen LogP contribution in [0.25, 0.3) is 0 Å². The summed E-state index contributed by atoms with van der Waals surface area (Å²) in [6.07, 6.45) is 5.21. The minimum atomic E-state index is 0.630. The topological polar surface area (TPSA) is 0 Å². The van der Waals surface area contributed by atoms with E-state index in [9.17, 15) is 0 Å². The molecule has 1 aliphatic carbocycles. The predicted octanol–water partition coefficient (Wildman–Crippen LogP) is 4.21. The van der Waals surface area contributed by atoms with Gasteiger partial charge < -0.3 is 0 Å². The Balaban J connectivity index is 2.29. The van der Waals surface area contributed by atoms with E-state index in [0.717, 1.165) is 0 Å². The smallest absolute Gasteiger partial charge is 0.00480 e. The van der Waals surface area contributed by atoms with Crippen LogP contribution in [-0.2, 0) is 0 Å². The van der Waals surface area contributed by atoms with Gasteiger partial charge in [0, 0.05) is 5.92 Å². The van der Waals surface area contributed by atoms with E-state index in [1.165, 1.54) is 42.4 Å². The molecule has 0 amide bonds. The van der Waals surface area contributed by atoms with E-state index >= 15 is 0 Å². The third kappa shape index (κ3) is 1.75. The molecule has 14 heavy (non-hydrogen) atoms. The highest BCUT2D eigenvalue weighted by atomic mass is 14.2. The van der Waals surface area contributed by atoms with Crippen LogP contribution in [0.1, 0.15) is 42.7 Å². The highest BCUT2D eigenvalue weighted by Crippen LogP contribution is 2.37. The summed E-state index contributed by atoms with van der Waals surface area (Å²) in [7, 11) is 0. The van der Waals surface area contributed by atoms with Crippen molar-refractivity contribution in [2.75, 3.05) is 0 Å². The van der Waals surface area contributed by atoms with Gasteiger partial charge in [0.25, 0.3) is 0 Å². The van der Waals surface area contributed by atoms with Crippen molar-refractivity contribution in [3.8, 4) is 0 Å². The first kappa shape index (κ1) is 9.51. The van der Waals surface area contributed by atoms with E-state index in [4.69, 9.17) is 0 Å². The molecule has 0 spiro atoms. The number of hydrogen-bond acceptors (Lipinski definition) is 0. The third-order valence-electron chi connectivity index (χ3n) is 3.30. The molecule has 0 aliphatic heterocycles. The maximum Gasteiger partial charge on any atom is 0.00480 e. The molecule has 74 valence electrons. The Labute approximate surface area is 86.7 Å². The number of hydrogen-bond donors (Lipinski definition) is 0. The van der Waals surface area contributed by atoms with Crippen LogP contribution in [0.3, 0.4) is 0 Å². The lowest BCUT2D eigenvalue weighted by atomic mass is 9.79. The summed E-state index contributed by atoms with van der Waals surface area (Å²) in [5.41, 5.74) is 4.35. The van der Waals surface area contributed by atoms with Gasteiger partial charge in [0.05, 0.1) is 0 Å². The first-order valence-electron chi connectivity index (χ1n) is 5.52. The molecule has 0 heterocycles. The van der Waals surface area contributed by atoms with E-state index in [0.29, 0.717) is 5.92 Å². The van der Waals surface area contributed by atoms with E-state index in [-0.39, 0.29) is 0 Å². The fourth-order valence-electron chi connectivity index (χ4n) is 2.43. The zero-order chi connectivity index (χ0) is 9.97. The van der Waals surface area contributed by atoms with E-state index in [2.05, 4.69) is 37.8 Å². The maximum atomic E-state index is 4.21. The highest BCUT2D eigenvalue weighted by Gasteiger charge is 2.19. The van der Waals surface area contributed by atoms with Gasteiger partial charge in [0.1, 0.15) is 0 Å². The number of aryl methyl sites for hydroxylation is 1. The number of allylic oxidation sites excluding steroid dienone is 1. The van der Waals surface area contributed by atoms with E-state index in [1.807, 2.05) is 0 Å². The van der Waals surface area contributed by atoms with E-state index in [1.54, 1.807) is 0 Å². The van der Waals surface area contributed by atoms with Crippen LogP contribution in [0.15, 0.2) is 36.4 Å². The summed E-state index contributed by atoms with van der Waals surface area (Å²) in [6, 6.07) is 8.72. The van der Waals surface area contributed by atoms with Gasteiger partial charge in [-0.15, -0.1) is 0 Å². The van der Waals surface area contributed by atoms with Crippen molar-refractivity contribution in [1.82, 2.24) is 0 Å². The summed E-state index contributed by atoms with van der Waals surface area (Å²) < 4.78 is 0. The van der Waals surface area contributed by atoms with Gasteiger partial charge in [-0.1, -0.05) is 42.8 Å². The average Bonchev–Trinajstić information content (AvgIpc) is 2.20. The molecule has 1 aromatic rings. The molecule has 0 heteroatoms. The second kappa shape index (κ2) is 4.00. The Morgan fingerprint density at radius 2 is 2.00 bits per heavy atom. The second-order valence-electron chi connectivity index (χ2n) is 4.31. The van der Waals surface area contributed by atoms with Crippen LogP contribution in [0.2, 0.25) is 0 Å². The average molecular weight is 186 g/mol. The molecular formula is C14H18. The molecule has 0 saturated heterocycles. The largest absolute Gasteiger partial charge is 0.0992 e. The Morgan fingerprint density at radius 3 is 2.71 bits per heavy atom. The molecule has 0 aromatic heterocycles. The molecule has 1 aromatic carbocycles. The molecule has 1 aliphatic rings. The monoisotopic (exact) mass is 186 g/mol. The normalized spacial score (nSPS) is 22.4. The summed E-state index contributed by atoms with van der Waals surface area (Å²) in [4.78, 5) is 0. The first-order valence-corrected chi connectivity index (χ1v) is 5.52. The molecule has 1 saturated carbocycles. The van der Waals surface area contributed by atoms with Gasteiger partial charge in [-0.2, -0.15) is 0 Å². The zero-order valence-electron chi connectivity index (χ0n) is 8.92. The maximum absolute atomic E-state index is 4.21. The van der Waals surface area contributed by atoms with Crippen LogP contribution in [0.5, 0.6) is 0 Å². The van der Waals surface area contributed by atoms with Crippen LogP contribution >= 0.6 is 0 Å². The Kier molecular flexibility index (Phi) is 2.72. The van der Waals surface area contributed by atoms with Gasteiger partial charge in [-0.05, 0) is 37.3 Å². The lowest BCUT2D eigenvalue weighted by Gasteiger charge is -2.26. The predicted molar refractivity (Wildman–Crippen MR) is 61.5 cm³/mol. The lowest BCUT2D eigenvalue weighted by molar-refractivity contribution is 0.541. The van der Waals surface area contributed by atoms with Crippen molar-refractivity contribution in [3.63, 3.8) is 0 Å². The van der Waals surface area contributed by atoms with Crippen molar-refractivity contribution in [2.24, 2.45) is 0 Å². The number of rotatable bonds is 1. The Bertz CT molecular complexity index is 336. The molecule has 1 unspecified atom stereocenters. The Hall–Kier alpha value is -1.04. The molecule has 1 fully saturated rings.